The van der Waals surface area contributed by atoms with Crippen molar-refractivity contribution in [2.24, 2.45) is 0 Å². The molecule has 1 N–H and O–H groups in total. The lowest BCUT2D eigenvalue weighted by Gasteiger charge is -2.07. The number of carbonyl (C=O) groups is 1. The molecule has 168 valence electrons. The van der Waals surface area contributed by atoms with Gasteiger partial charge in [0.1, 0.15) is 0 Å². The van der Waals surface area contributed by atoms with E-state index in [9.17, 15) is 10.1 Å². The van der Waals surface area contributed by atoms with Gasteiger partial charge in [-0.25, -0.2) is 4.79 Å². The van der Waals surface area contributed by atoms with Gasteiger partial charge in [-0.3, -0.25) is 0 Å². The molecule has 0 saturated carbocycles. The predicted octanol–water partition coefficient (Wildman–Crippen LogP) is 4.70. The Bertz CT molecular complexity index is 1120. The third-order valence-electron chi connectivity index (χ3n) is 4.79. The van der Waals surface area contributed by atoms with E-state index < -0.39 is 6.09 Å². The fraction of sp³-hybridized carbons (Fsp3) is 0.348. The summed E-state index contributed by atoms with van der Waals surface area (Å²) in [5.74, 6) is 0.535. The van der Waals surface area contributed by atoms with Gasteiger partial charge in [0.25, 0.3) is 0 Å². The van der Waals surface area contributed by atoms with Crippen LogP contribution < -0.4 is 5.32 Å². The zero-order chi connectivity index (χ0) is 22.9. The minimum Gasteiger partial charge on any atom is -0.448 e. The third-order valence-corrected chi connectivity index (χ3v) is 5.12. The summed E-state index contributed by atoms with van der Waals surface area (Å²) in [4.78, 5) is 12.6. The van der Waals surface area contributed by atoms with Crippen LogP contribution in [-0.4, -0.2) is 56.5 Å². The van der Waals surface area contributed by atoms with E-state index in [-0.39, 0.29) is 6.61 Å². The van der Waals surface area contributed by atoms with Crippen molar-refractivity contribution in [3.05, 3.63) is 47.0 Å². The van der Waals surface area contributed by atoms with Crippen LogP contribution in [-0.2, 0) is 14.2 Å². The van der Waals surface area contributed by atoms with E-state index in [1.165, 1.54) is 4.68 Å². The van der Waals surface area contributed by atoms with Crippen LogP contribution in [0.1, 0.15) is 18.4 Å². The molecule has 2 aromatic carbocycles. The lowest BCUT2D eigenvalue weighted by Crippen LogP contribution is -2.16. The SMILES string of the molecule is CNc1nn(C(=O)OCCCOCCCOC)c2ccc(-c3cc(C#N)ccc3Cl)cc12. The number of ether oxygens (including phenoxy) is 3. The highest BCUT2D eigenvalue weighted by molar-refractivity contribution is 6.33. The van der Waals surface area contributed by atoms with E-state index in [1.54, 1.807) is 38.4 Å². The molecule has 0 atom stereocenters. The van der Waals surface area contributed by atoms with Gasteiger partial charge < -0.3 is 19.5 Å². The van der Waals surface area contributed by atoms with E-state index in [1.807, 2.05) is 12.1 Å². The summed E-state index contributed by atoms with van der Waals surface area (Å²) in [6.07, 6.45) is 0.860. The summed E-state index contributed by atoms with van der Waals surface area (Å²) in [6, 6.07) is 12.7. The monoisotopic (exact) mass is 456 g/mol. The fourth-order valence-corrected chi connectivity index (χ4v) is 3.44. The zero-order valence-corrected chi connectivity index (χ0v) is 18.8. The van der Waals surface area contributed by atoms with Gasteiger partial charge in [-0.1, -0.05) is 17.7 Å². The summed E-state index contributed by atoms with van der Waals surface area (Å²) < 4.78 is 17.0. The molecular formula is C23H25ClN4O4. The van der Waals surface area contributed by atoms with Crippen molar-refractivity contribution in [1.82, 2.24) is 9.78 Å². The van der Waals surface area contributed by atoms with Gasteiger partial charge in [0, 0.05) is 56.4 Å². The van der Waals surface area contributed by atoms with Crippen LogP contribution in [0.15, 0.2) is 36.4 Å². The number of benzene rings is 2. The molecule has 32 heavy (non-hydrogen) atoms. The lowest BCUT2D eigenvalue weighted by molar-refractivity contribution is 0.0847. The average molecular weight is 457 g/mol. The largest absolute Gasteiger partial charge is 0.448 e. The van der Waals surface area contributed by atoms with E-state index in [0.717, 1.165) is 22.9 Å². The fourth-order valence-electron chi connectivity index (χ4n) is 3.21. The number of carbonyl (C=O) groups excluding carboxylic acids is 1. The first-order chi connectivity index (χ1) is 15.6. The summed E-state index contributed by atoms with van der Waals surface area (Å²) in [5, 5.41) is 17.8. The Balaban J connectivity index is 1.73. The molecule has 0 fully saturated rings. The second-order valence-electron chi connectivity index (χ2n) is 6.98. The molecule has 0 aliphatic rings. The van der Waals surface area contributed by atoms with Gasteiger partial charge in [0.15, 0.2) is 5.82 Å². The minimum atomic E-state index is -0.562. The maximum absolute atomic E-state index is 12.6. The van der Waals surface area contributed by atoms with Crippen LogP contribution in [0.25, 0.3) is 22.0 Å². The molecule has 0 radical (unpaired) electrons. The van der Waals surface area contributed by atoms with Crippen molar-refractivity contribution < 1.29 is 19.0 Å². The Morgan fingerprint density at radius 2 is 1.94 bits per heavy atom. The number of hydrogen-bond acceptors (Lipinski definition) is 7. The molecule has 0 spiro atoms. The van der Waals surface area contributed by atoms with Crippen LogP contribution in [0.4, 0.5) is 10.6 Å². The maximum atomic E-state index is 12.6. The Morgan fingerprint density at radius 1 is 1.16 bits per heavy atom. The van der Waals surface area contributed by atoms with E-state index in [2.05, 4.69) is 16.5 Å². The van der Waals surface area contributed by atoms with Gasteiger partial charge in [-0.15, -0.1) is 5.10 Å². The molecule has 8 nitrogen and oxygen atoms in total. The number of anilines is 1. The molecule has 0 aliphatic heterocycles. The van der Waals surface area contributed by atoms with Gasteiger partial charge in [-0.05, 0) is 42.3 Å². The molecule has 3 rings (SSSR count). The average Bonchev–Trinajstić information content (AvgIpc) is 3.19. The van der Waals surface area contributed by atoms with Crippen LogP contribution in [0, 0.1) is 11.3 Å². The highest BCUT2D eigenvalue weighted by Crippen LogP contribution is 2.33. The molecule has 1 aromatic heterocycles. The normalized spacial score (nSPS) is 10.8. The molecule has 9 heteroatoms. The van der Waals surface area contributed by atoms with Gasteiger partial charge in [0.2, 0.25) is 0 Å². The minimum absolute atomic E-state index is 0.230. The second kappa shape index (κ2) is 11.5. The number of nitrogens with one attached hydrogen (secondary N) is 1. The van der Waals surface area contributed by atoms with Crippen molar-refractivity contribution in [3.8, 4) is 17.2 Å². The molecule has 0 saturated heterocycles. The summed E-state index contributed by atoms with van der Waals surface area (Å²) in [5.41, 5.74) is 2.66. The predicted molar refractivity (Wildman–Crippen MR) is 123 cm³/mol. The summed E-state index contributed by atoms with van der Waals surface area (Å²) in [6.45, 7) is 2.01. The molecule has 1 heterocycles. The number of nitrogens with zero attached hydrogens (tertiary/aromatic N) is 3. The standard InChI is InChI=1S/C23H25ClN4O4/c1-26-22-19-14-17(18-13-16(15-25)5-7-20(18)24)6-8-21(19)28(27-22)23(29)32-12-4-11-31-10-3-9-30-2/h5-8,13-14H,3-4,9-12H2,1-2H3,(H,26,27). The third kappa shape index (κ3) is 5.56. The highest BCUT2D eigenvalue weighted by atomic mass is 35.5. The highest BCUT2D eigenvalue weighted by Gasteiger charge is 2.17. The van der Waals surface area contributed by atoms with Gasteiger partial charge in [-0.2, -0.15) is 9.94 Å². The molecule has 0 amide bonds. The molecule has 3 aromatic rings. The molecule has 0 aliphatic carbocycles. The van der Waals surface area contributed by atoms with E-state index in [0.29, 0.717) is 48.2 Å². The number of hydrogen-bond donors (Lipinski definition) is 1. The molecule has 0 bridgehead atoms. The topological polar surface area (TPSA) is 98.4 Å². The Morgan fingerprint density at radius 3 is 2.66 bits per heavy atom. The number of fused-ring (bicyclic) bond motifs is 1. The van der Waals surface area contributed by atoms with E-state index in [4.69, 9.17) is 25.8 Å². The quantitative estimate of drug-likeness (QED) is 0.441. The van der Waals surface area contributed by atoms with E-state index >= 15 is 0 Å². The zero-order valence-electron chi connectivity index (χ0n) is 18.1. The van der Waals surface area contributed by atoms with Crippen molar-refractivity contribution in [2.75, 3.05) is 45.9 Å². The summed E-state index contributed by atoms with van der Waals surface area (Å²) >= 11 is 6.35. The van der Waals surface area contributed by atoms with Gasteiger partial charge >= 0.3 is 6.09 Å². The van der Waals surface area contributed by atoms with Crippen LogP contribution in [0.3, 0.4) is 0 Å². The van der Waals surface area contributed by atoms with Crippen molar-refractivity contribution >= 4 is 34.4 Å². The maximum Gasteiger partial charge on any atom is 0.435 e. The van der Waals surface area contributed by atoms with Crippen LogP contribution >= 0.6 is 11.6 Å². The van der Waals surface area contributed by atoms with Crippen molar-refractivity contribution in [1.29, 1.82) is 5.26 Å². The summed E-state index contributed by atoms with van der Waals surface area (Å²) in [7, 11) is 3.38. The molecule has 0 unspecified atom stereocenters. The van der Waals surface area contributed by atoms with Crippen molar-refractivity contribution in [3.63, 3.8) is 0 Å². The number of methoxy groups -OCH3 is 1. The van der Waals surface area contributed by atoms with Crippen LogP contribution in [0.5, 0.6) is 0 Å². The first-order valence-corrected chi connectivity index (χ1v) is 10.6. The first-order valence-electron chi connectivity index (χ1n) is 10.2. The Labute approximate surface area is 191 Å². The number of aromatic nitrogens is 2. The van der Waals surface area contributed by atoms with Crippen LogP contribution in [0.2, 0.25) is 5.02 Å². The Kier molecular flexibility index (Phi) is 8.45. The number of rotatable bonds is 10. The smallest absolute Gasteiger partial charge is 0.435 e. The lowest BCUT2D eigenvalue weighted by atomic mass is 10.0. The second-order valence-corrected chi connectivity index (χ2v) is 7.38. The van der Waals surface area contributed by atoms with Crippen molar-refractivity contribution in [2.45, 2.75) is 12.8 Å². The van der Waals surface area contributed by atoms with Gasteiger partial charge in [0.05, 0.1) is 23.8 Å². The number of nitriles is 1. The Hall–Kier alpha value is -3.12. The molecular weight excluding hydrogens is 432 g/mol. The number of halogens is 1. The first kappa shape index (κ1) is 23.5.